The molecular formula is C19H25ClN2O3. The molecular weight excluding hydrogens is 340 g/mol. The highest BCUT2D eigenvalue weighted by Gasteiger charge is 2.34. The standard InChI is InChI=1S/C19H25ClN2O3/c20-16-9-12(10-17-19(16)25-6-5-24-17)3-4-21-18(23)11-13-7-14-1-2-15(8-13)22-14/h9-10,13-15,22H,1-8,11H2,(H,21,23). The zero-order chi connectivity index (χ0) is 17.2. The second kappa shape index (κ2) is 7.42. The number of nitrogens with one attached hydrogen (secondary N) is 2. The summed E-state index contributed by atoms with van der Waals surface area (Å²) in [6.07, 6.45) is 6.21. The highest BCUT2D eigenvalue weighted by Crippen LogP contribution is 2.38. The van der Waals surface area contributed by atoms with Crippen molar-refractivity contribution in [2.24, 2.45) is 5.92 Å². The third kappa shape index (κ3) is 4.04. The van der Waals surface area contributed by atoms with Gasteiger partial charge in [-0.2, -0.15) is 0 Å². The van der Waals surface area contributed by atoms with E-state index in [0.717, 1.165) is 24.8 Å². The maximum absolute atomic E-state index is 12.2. The van der Waals surface area contributed by atoms with Gasteiger partial charge in [0.2, 0.25) is 5.91 Å². The first-order chi connectivity index (χ1) is 12.2. The molecule has 2 atom stereocenters. The fourth-order valence-electron chi connectivity index (χ4n) is 4.33. The number of ether oxygens (including phenoxy) is 2. The summed E-state index contributed by atoms with van der Waals surface area (Å²) in [4.78, 5) is 12.2. The van der Waals surface area contributed by atoms with Crippen molar-refractivity contribution in [3.05, 3.63) is 22.7 Å². The predicted molar refractivity (Wildman–Crippen MR) is 96.4 cm³/mol. The van der Waals surface area contributed by atoms with E-state index in [1.807, 2.05) is 12.1 Å². The first-order valence-electron chi connectivity index (χ1n) is 9.28. The number of piperidine rings is 1. The zero-order valence-electron chi connectivity index (χ0n) is 14.4. The van der Waals surface area contributed by atoms with Crippen LogP contribution < -0.4 is 20.1 Å². The first kappa shape index (κ1) is 17.0. The molecule has 2 saturated heterocycles. The van der Waals surface area contributed by atoms with Crippen LogP contribution in [-0.2, 0) is 11.2 Å². The van der Waals surface area contributed by atoms with Gasteiger partial charge in [0.1, 0.15) is 13.2 Å². The van der Waals surface area contributed by atoms with E-state index in [4.69, 9.17) is 21.1 Å². The van der Waals surface area contributed by atoms with Crippen LogP contribution in [0.15, 0.2) is 12.1 Å². The third-order valence-corrected chi connectivity index (χ3v) is 5.72. The molecule has 3 aliphatic rings. The van der Waals surface area contributed by atoms with E-state index < -0.39 is 0 Å². The van der Waals surface area contributed by atoms with E-state index in [2.05, 4.69) is 10.6 Å². The maximum Gasteiger partial charge on any atom is 0.220 e. The Bertz CT molecular complexity index is 640. The minimum Gasteiger partial charge on any atom is -0.486 e. The Hall–Kier alpha value is -1.46. The minimum absolute atomic E-state index is 0.162. The quantitative estimate of drug-likeness (QED) is 0.843. The normalized spacial score (nSPS) is 27.2. The summed E-state index contributed by atoms with van der Waals surface area (Å²) in [6, 6.07) is 5.12. The summed E-state index contributed by atoms with van der Waals surface area (Å²) < 4.78 is 11.1. The molecule has 0 radical (unpaired) electrons. The second-order valence-electron chi connectivity index (χ2n) is 7.38. The Morgan fingerprint density at radius 1 is 1.20 bits per heavy atom. The molecule has 2 fully saturated rings. The number of halogens is 1. The van der Waals surface area contributed by atoms with Crippen LogP contribution in [0.1, 0.15) is 37.7 Å². The van der Waals surface area contributed by atoms with Crippen molar-refractivity contribution in [2.45, 2.75) is 50.6 Å². The number of hydrogen-bond donors (Lipinski definition) is 2. The van der Waals surface area contributed by atoms with Crippen molar-refractivity contribution in [2.75, 3.05) is 19.8 Å². The third-order valence-electron chi connectivity index (χ3n) is 5.44. The van der Waals surface area contributed by atoms with Gasteiger partial charge in [-0.15, -0.1) is 0 Å². The van der Waals surface area contributed by atoms with Crippen molar-refractivity contribution in [3.8, 4) is 11.5 Å². The predicted octanol–water partition coefficient (Wildman–Crippen LogP) is 2.69. The van der Waals surface area contributed by atoms with Crippen molar-refractivity contribution < 1.29 is 14.3 Å². The van der Waals surface area contributed by atoms with Gasteiger partial charge in [-0.25, -0.2) is 0 Å². The number of benzene rings is 1. The van der Waals surface area contributed by atoms with E-state index in [0.29, 0.717) is 60.7 Å². The average Bonchev–Trinajstić information content (AvgIpc) is 2.93. The lowest BCUT2D eigenvalue weighted by Gasteiger charge is -2.28. The second-order valence-corrected chi connectivity index (χ2v) is 7.79. The van der Waals surface area contributed by atoms with Crippen LogP contribution >= 0.6 is 11.6 Å². The molecule has 25 heavy (non-hydrogen) atoms. The molecule has 1 aromatic rings. The molecule has 5 nitrogen and oxygen atoms in total. The molecule has 0 spiro atoms. The van der Waals surface area contributed by atoms with Gasteiger partial charge in [-0.1, -0.05) is 11.6 Å². The van der Waals surface area contributed by atoms with Crippen molar-refractivity contribution in [3.63, 3.8) is 0 Å². The van der Waals surface area contributed by atoms with Gasteiger partial charge >= 0.3 is 0 Å². The molecule has 3 aliphatic heterocycles. The van der Waals surface area contributed by atoms with Gasteiger partial charge < -0.3 is 20.1 Å². The van der Waals surface area contributed by atoms with E-state index >= 15 is 0 Å². The van der Waals surface area contributed by atoms with Crippen LogP contribution in [0.5, 0.6) is 11.5 Å². The van der Waals surface area contributed by atoms with E-state index in [-0.39, 0.29) is 5.91 Å². The van der Waals surface area contributed by atoms with Crippen molar-refractivity contribution in [1.82, 2.24) is 10.6 Å². The summed E-state index contributed by atoms with van der Waals surface area (Å²) in [7, 11) is 0. The maximum atomic E-state index is 12.2. The number of rotatable bonds is 5. The van der Waals surface area contributed by atoms with E-state index in [1.54, 1.807) is 0 Å². The molecule has 3 heterocycles. The number of carbonyl (C=O) groups excluding carboxylic acids is 1. The van der Waals surface area contributed by atoms with Gasteiger partial charge in [0.15, 0.2) is 11.5 Å². The lowest BCUT2D eigenvalue weighted by molar-refractivity contribution is -0.122. The number of carbonyl (C=O) groups is 1. The molecule has 1 aromatic carbocycles. The van der Waals surface area contributed by atoms with Crippen molar-refractivity contribution in [1.29, 1.82) is 0 Å². The van der Waals surface area contributed by atoms with Gasteiger partial charge in [0.25, 0.3) is 0 Å². The van der Waals surface area contributed by atoms with Crippen LogP contribution in [0.2, 0.25) is 5.02 Å². The zero-order valence-corrected chi connectivity index (χ0v) is 15.1. The Labute approximate surface area is 153 Å². The highest BCUT2D eigenvalue weighted by atomic mass is 35.5. The van der Waals surface area contributed by atoms with Crippen LogP contribution in [-0.4, -0.2) is 37.7 Å². The molecule has 4 rings (SSSR count). The molecule has 2 unspecified atom stereocenters. The SMILES string of the molecule is O=C(CC1CC2CCC(C1)N2)NCCc1cc(Cl)c2c(c1)OCCO2. The molecule has 2 N–H and O–H groups in total. The molecule has 0 aromatic heterocycles. The Morgan fingerprint density at radius 3 is 2.76 bits per heavy atom. The molecule has 2 bridgehead atoms. The lowest BCUT2D eigenvalue weighted by atomic mass is 9.89. The van der Waals surface area contributed by atoms with Crippen molar-refractivity contribution >= 4 is 17.5 Å². The molecule has 0 aliphatic carbocycles. The summed E-state index contributed by atoms with van der Waals surface area (Å²) in [5.41, 5.74) is 1.05. The fourth-order valence-corrected chi connectivity index (χ4v) is 4.62. The largest absolute Gasteiger partial charge is 0.486 e. The first-order valence-corrected chi connectivity index (χ1v) is 9.66. The van der Waals surface area contributed by atoms with Crippen LogP contribution in [0, 0.1) is 5.92 Å². The number of fused-ring (bicyclic) bond motifs is 3. The summed E-state index contributed by atoms with van der Waals surface area (Å²) in [6.45, 7) is 1.69. The van der Waals surface area contributed by atoms with Gasteiger partial charge in [-0.3, -0.25) is 4.79 Å². The average molecular weight is 365 g/mol. The summed E-state index contributed by atoms with van der Waals surface area (Å²) in [5, 5.41) is 7.25. The lowest BCUT2D eigenvalue weighted by Crippen LogP contribution is -2.39. The fraction of sp³-hybridized carbons (Fsp3) is 0.632. The van der Waals surface area contributed by atoms with E-state index in [1.165, 1.54) is 12.8 Å². The molecule has 136 valence electrons. The number of hydrogen-bond acceptors (Lipinski definition) is 4. The molecule has 0 saturated carbocycles. The summed E-state index contributed by atoms with van der Waals surface area (Å²) >= 11 is 6.25. The topological polar surface area (TPSA) is 59.6 Å². The smallest absolute Gasteiger partial charge is 0.220 e. The van der Waals surface area contributed by atoms with Gasteiger partial charge in [0, 0.05) is 25.0 Å². The number of amides is 1. The van der Waals surface area contributed by atoms with Crippen LogP contribution in [0.25, 0.3) is 0 Å². The Kier molecular flexibility index (Phi) is 5.04. The highest BCUT2D eigenvalue weighted by molar-refractivity contribution is 6.32. The Balaban J connectivity index is 1.25. The van der Waals surface area contributed by atoms with Gasteiger partial charge in [-0.05, 0) is 55.7 Å². The monoisotopic (exact) mass is 364 g/mol. The van der Waals surface area contributed by atoms with Crippen LogP contribution in [0.3, 0.4) is 0 Å². The molecule has 1 amide bonds. The molecule has 6 heteroatoms. The minimum atomic E-state index is 0.162. The Morgan fingerprint density at radius 2 is 1.96 bits per heavy atom. The summed E-state index contributed by atoms with van der Waals surface area (Å²) in [5.74, 6) is 2.02. The van der Waals surface area contributed by atoms with Gasteiger partial charge in [0.05, 0.1) is 5.02 Å². The van der Waals surface area contributed by atoms with E-state index in [9.17, 15) is 4.79 Å². The van der Waals surface area contributed by atoms with Crippen LogP contribution in [0.4, 0.5) is 0 Å².